The third-order valence-corrected chi connectivity index (χ3v) is 10.9. The molecule has 51 heavy (non-hydrogen) atoms. The summed E-state index contributed by atoms with van der Waals surface area (Å²) in [4.78, 5) is 0. The predicted octanol–water partition coefficient (Wildman–Crippen LogP) is 12.8. The fourth-order valence-electron chi connectivity index (χ4n) is 8.62. The molecule has 2 heteroatoms. The van der Waals surface area contributed by atoms with E-state index in [4.69, 9.17) is 0 Å². The smallest absolute Gasteiger partial charge is 0.0541 e. The average Bonchev–Trinajstić information content (AvgIpc) is 3.85. The Labute approximate surface area is 296 Å². The molecule has 0 amide bonds. The van der Waals surface area contributed by atoms with E-state index in [1.807, 2.05) is 0 Å². The van der Waals surface area contributed by atoms with E-state index in [-0.39, 0.29) is 0 Å². The lowest BCUT2D eigenvalue weighted by atomic mass is 9.97. The minimum absolute atomic E-state index is 1.00. The maximum absolute atomic E-state index is 2.46. The molecule has 238 valence electrons. The standard InChI is InChI=1S/C49H32N2/c1-2-13-37(14-3-1)50-46-20-10-7-17-40(46)43-29-32(24-26-48(43)50)33-25-27-49-44(30-33)41-18-8-11-21-47(41)51(49)45-19-9-6-16-39(45)36-23-22-35-28-34-12-4-5-15-38(34)42(35)31-36/h1-27,29-31H,28H2. The molecule has 10 aromatic rings. The summed E-state index contributed by atoms with van der Waals surface area (Å²) in [7, 11) is 0. The molecule has 0 unspecified atom stereocenters. The van der Waals surface area contributed by atoms with Gasteiger partial charge in [0.15, 0.2) is 0 Å². The van der Waals surface area contributed by atoms with Crippen molar-refractivity contribution in [3.63, 3.8) is 0 Å². The molecule has 11 rings (SSSR count). The summed E-state index contributed by atoms with van der Waals surface area (Å²) >= 11 is 0. The molecule has 0 N–H and O–H groups in total. The quantitative estimate of drug-likeness (QED) is 0.180. The second-order valence-corrected chi connectivity index (χ2v) is 13.7. The zero-order chi connectivity index (χ0) is 33.5. The minimum atomic E-state index is 1.00. The van der Waals surface area contributed by atoms with Crippen LogP contribution in [0.2, 0.25) is 0 Å². The van der Waals surface area contributed by atoms with E-state index in [1.165, 1.54) is 99.5 Å². The van der Waals surface area contributed by atoms with E-state index in [1.54, 1.807) is 0 Å². The number of nitrogens with zero attached hydrogens (tertiary/aromatic N) is 2. The molecule has 2 nitrogen and oxygen atoms in total. The third-order valence-electron chi connectivity index (χ3n) is 10.9. The fourth-order valence-corrected chi connectivity index (χ4v) is 8.62. The highest BCUT2D eigenvalue weighted by Crippen LogP contribution is 2.42. The van der Waals surface area contributed by atoms with Crippen LogP contribution >= 0.6 is 0 Å². The molecule has 0 atom stereocenters. The van der Waals surface area contributed by atoms with Crippen molar-refractivity contribution in [1.82, 2.24) is 9.13 Å². The molecule has 0 radical (unpaired) electrons. The summed E-state index contributed by atoms with van der Waals surface area (Å²) in [5.74, 6) is 0. The van der Waals surface area contributed by atoms with Crippen molar-refractivity contribution < 1.29 is 0 Å². The molecule has 8 aromatic carbocycles. The van der Waals surface area contributed by atoms with Crippen LogP contribution in [0.25, 0.3) is 88.4 Å². The highest BCUT2D eigenvalue weighted by atomic mass is 15.0. The maximum Gasteiger partial charge on any atom is 0.0541 e. The van der Waals surface area contributed by atoms with Crippen LogP contribution < -0.4 is 0 Å². The van der Waals surface area contributed by atoms with Crippen LogP contribution in [0.3, 0.4) is 0 Å². The van der Waals surface area contributed by atoms with Crippen LogP contribution in [0.5, 0.6) is 0 Å². The van der Waals surface area contributed by atoms with Gasteiger partial charge in [-0.15, -0.1) is 0 Å². The van der Waals surface area contributed by atoms with Gasteiger partial charge in [-0.25, -0.2) is 0 Å². The molecule has 0 bridgehead atoms. The molecular formula is C49H32N2. The molecule has 0 aliphatic heterocycles. The highest BCUT2D eigenvalue weighted by molar-refractivity contribution is 6.13. The van der Waals surface area contributed by atoms with Crippen molar-refractivity contribution >= 4 is 43.6 Å². The zero-order valence-corrected chi connectivity index (χ0v) is 27.9. The van der Waals surface area contributed by atoms with Crippen molar-refractivity contribution in [3.05, 3.63) is 193 Å². The SMILES string of the molecule is c1ccc(-n2c3ccccc3c3cc(-c4ccc5c(c4)c4ccccc4n5-c4ccccc4-c4ccc5c(c4)-c4ccccc4C5)ccc32)cc1. The number of benzene rings is 8. The second kappa shape index (κ2) is 10.9. The number of para-hydroxylation sites is 4. The first-order valence-corrected chi connectivity index (χ1v) is 17.7. The van der Waals surface area contributed by atoms with Crippen LogP contribution in [-0.2, 0) is 6.42 Å². The minimum Gasteiger partial charge on any atom is -0.309 e. The normalized spacial score (nSPS) is 12.2. The molecule has 0 fully saturated rings. The lowest BCUT2D eigenvalue weighted by Gasteiger charge is -2.15. The van der Waals surface area contributed by atoms with E-state index in [0.717, 1.165) is 6.42 Å². The molecule has 1 aliphatic carbocycles. The van der Waals surface area contributed by atoms with E-state index in [0.29, 0.717) is 0 Å². The van der Waals surface area contributed by atoms with Crippen molar-refractivity contribution in [2.45, 2.75) is 6.42 Å². The molecule has 2 aromatic heterocycles. The van der Waals surface area contributed by atoms with Gasteiger partial charge in [-0.1, -0.05) is 121 Å². The van der Waals surface area contributed by atoms with Crippen LogP contribution in [0, 0.1) is 0 Å². The van der Waals surface area contributed by atoms with Crippen molar-refractivity contribution in [2.75, 3.05) is 0 Å². The van der Waals surface area contributed by atoms with Gasteiger partial charge in [0.25, 0.3) is 0 Å². The summed E-state index contributed by atoms with van der Waals surface area (Å²) in [6.45, 7) is 0. The van der Waals surface area contributed by atoms with E-state index in [2.05, 4.69) is 191 Å². The van der Waals surface area contributed by atoms with E-state index >= 15 is 0 Å². The number of aromatic nitrogens is 2. The maximum atomic E-state index is 2.46. The van der Waals surface area contributed by atoms with Crippen molar-refractivity contribution in [3.8, 4) is 44.8 Å². The molecular weight excluding hydrogens is 617 g/mol. The number of hydrogen-bond acceptors (Lipinski definition) is 0. The molecule has 1 aliphatic rings. The van der Waals surface area contributed by atoms with Crippen LogP contribution in [-0.4, -0.2) is 9.13 Å². The second-order valence-electron chi connectivity index (χ2n) is 13.7. The summed E-state index contributed by atoms with van der Waals surface area (Å²) in [6, 6.07) is 66.9. The Morgan fingerprint density at radius 1 is 0.314 bits per heavy atom. The highest BCUT2D eigenvalue weighted by Gasteiger charge is 2.21. The van der Waals surface area contributed by atoms with E-state index in [9.17, 15) is 0 Å². The van der Waals surface area contributed by atoms with Crippen molar-refractivity contribution in [2.24, 2.45) is 0 Å². The van der Waals surface area contributed by atoms with Gasteiger partial charge in [-0.2, -0.15) is 0 Å². The third kappa shape index (κ3) is 4.23. The molecule has 2 heterocycles. The van der Waals surface area contributed by atoms with Gasteiger partial charge in [0.1, 0.15) is 0 Å². The monoisotopic (exact) mass is 648 g/mol. The molecule has 0 saturated carbocycles. The Kier molecular flexibility index (Phi) is 6.05. The summed E-state index contributed by atoms with van der Waals surface area (Å²) in [6.07, 6.45) is 1.00. The molecule has 0 saturated heterocycles. The van der Waals surface area contributed by atoms with Gasteiger partial charge in [-0.3, -0.25) is 0 Å². The number of rotatable bonds is 4. The Morgan fingerprint density at radius 3 is 1.59 bits per heavy atom. The van der Waals surface area contributed by atoms with Crippen LogP contribution in [0.1, 0.15) is 11.1 Å². The molecule has 0 spiro atoms. The van der Waals surface area contributed by atoms with Gasteiger partial charge in [0.05, 0.1) is 27.8 Å². The van der Waals surface area contributed by atoms with Gasteiger partial charge < -0.3 is 9.13 Å². The first-order valence-electron chi connectivity index (χ1n) is 17.7. The Morgan fingerprint density at radius 2 is 0.843 bits per heavy atom. The lowest BCUT2D eigenvalue weighted by molar-refractivity contribution is 1.18. The predicted molar refractivity (Wildman–Crippen MR) is 214 cm³/mol. The summed E-state index contributed by atoms with van der Waals surface area (Å²) in [5, 5.41) is 5.05. The Bertz CT molecular complexity index is 2990. The first kappa shape index (κ1) is 28.2. The van der Waals surface area contributed by atoms with Gasteiger partial charge >= 0.3 is 0 Å². The van der Waals surface area contributed by atoms with Gasteiger partial charge in [0, 0.05) is 32.8 Å². The zero-order valence-electron chi connectivity index (χ0n) is 27.9. The first-order chi connectivity index (χ1) is 25.3. The topological polar surface area (TPSA) is 9.86 Å². The average molecular weight is 649 g/mol. The van der Waals surface area contributed by atoms with Crippen LogP contribution in [0.4, 0.5) is 0 Å². The number of fused-ring (bicyclic) bond motifs is 9. The lowest BCUT2D eigenvalue weighted by Crippen LogP contribution is -1.97. The van der Waals surface area contributed by atoms with E-state index < -0.39 is 0 Å². The Hall–Kier alpha value is -6.64. The largest absolute Gasteiger partial charge is 0.309 e. The van der Waals surface area contributed by atoms with Gasteiger partial charge in [-0.05, 0) is 106 Å². The Balaban J connectivity index is 1.08. The summed E-state index contributed by atoms with van der Waals surface area (Å²) < 4.78 is 4.84. The summed E-state index contributed by atoms with van der Waals surface area (Å²) in [5.41, 5.74) is 17.7. The van der Waals surface area contributed by atoms with Crippen molar-refractivity contribution in [1.29, 1.82) is 0 Å². The van der Waals surface area contributed by atoms with Crippen LogP contribution in [0.15, 0.2) is 182 Å². The number of hydrogen-bond donors (Lipinski definition) is 0. The fraction of sp³-hybridized carbons (Fsp3) is 0.0204. The van der Waals surface area contributed by atoms with Gasteiger partial charge in [0.2, 0.25) is 0 Å².